The molecule has 0 aromatic heterocycles. The van der Waals surface area contributed by atoms with Crippen molar-refractivity contribution in [3.8, 4) is 0 Å². The van der Waals surface area contributed by atoms with E-state index in [0.29, 0.717) is 11.8 Å². The third kappa shape index (κ3) is 2.93. The Hall–Kier alpha value is -1.06. The molecule has 2 rings (SSSR count). The molecule has 4 unspecified atom stereocenters. The second-order valence-corrected chi connectivity index (χ2v) is 6.36. The van der Waals surface area contributed by atoms with E-state index in [0.717, 1.165) is 19.3 Å². The maximum atomic E-state index is 12.2. The SMILES string of the molecule is CC(C)OC(=O)C1C2CCC(C2)C1C(=O)OC(C)C. The van der Waals surface area contributed by atoms with Gasteiger partial charge in [-0.25, -0.2) is 0 Å². The van der Waals surface area contributed by atoms with Crippen molar-refractivity contribution in [1.82, 2.24) is 0 Å². The molecule has 4 nitrogen and oxygen atoms in total. The van der Waals surface area contributed by atoms with Crippen LogP contribution >= 0.6 is 0 Å². The van der Waals surface area contributed by atoms with Crippen LogP contribution in [0.4, 0.5) is 0 Å². The predicted octanol–water partition coefficient (Wildman–Crippen LogP) is 2.55. The molecule has 2 aliphatic rings. The second-order valence-electron chi connectivity index (χ2n) is 6.36. The third-order valence-corrected chi connectivity index (χ3v) is 4.16. The Balaban J connectivity index is 2.10. The molecule has 2 fully saturated rings. The Labute approximate surface area is 114 Å². The highest BCUT2D eigenvalue weighted by molar-refractivity contribution is 5.84. The molecule has 0 amide bonds. The highest BCUT2D eigenvalue weighted by atomic mass is 16.6. The van der Waals surface area contributed by atoms with Crippen molar-refractivity contribution in [3.63, 3.8) is 0 Å². The topological polar surface area (TPSA) is 52.6 Å². The standard InChI is InChI=1S/C15H24O4/c1-8(2)18-14(16)12-10-5-6-11(7-10)13(12)15(17)19-9(3)4/h8-13H,5-7H2,1-4H3. The van der Waals surface area contributed by atoms with Crippen molar-refractivity contribution < 1.29 is 19.1 Å². The molecule has 4 heteroatoms. The monoisotopic (exact) mass is 268 g/mol. The van der Waals surface area contributed by atoms with Gasteiger partial charge in [0.2, 0.25) is 0 Å². The first kappa shape index (κ1) is 14.4. The van der Waals surface area contributed by atoms with Gasteiger partial charge >= 0.3 is 11.9 Å². The summed E-state index contributed by atoms with van der Waals surface area (Å²) in [6.07, 6.45) is 2.78. The van der Waals surface area contributed by atoms with Crippen molar-refractivity contribution >= 4 is 11.9 Å². The summed E-state index contributed by atoms with van der Waals surface area (Å²) in [5.41, 5.74) is 0. The largest absolute Gasteiger partial charge is 0.463 e. The fourth-order valence-electron chi connectivity index (χ4n) is 3.59. The van der Waals surface area contributed by atoms with E-state index in [1.54, 1.807) is 0 Å². The fraction of sp³-hybridized carbons (Fsp3) is 0.867. The molecule has 2 aliphatic carbocycles. The lowest BCUT2D eigenvalue weighted by Gasteiger charge is -2.29. The molecule has 0 spiro atoms. The Morgan fingerprint density at radius 3 is 1.53 bits per heavy atom. The third-order valence-electron chi connectivity index (χ3n) is 4.16. The molecule has 108 valence electrons. The van der Waals surface area contributed by atoms with Gasteiger partial charge in [-0.2, -0.15) is 0 Å². The van der Waals surface area contributed by atoms with Crippen LogP contribution in [-0.4, -0.2) is 24.1 Å². The van der Waals surface area contributed by atoms with E-state index in [4.69, 9.17) is 9.47 Å². The lowest BCUT2D eigenvalue weighted by atomic mass is 9.79. The minimum absolute atomic E-state index is 0.131. The maximum Gasteiger partial charge on any atom is 0.310 e. The Kier molecular flexibility index (Phi) is 4.16. The van der Waals surface area contributed by atoms with E-state index in [1.165, 1.54) is 0 Å². The number of carbonyl (C=O) groups excluding carboxylic acids is 2. The summed E-state index contributed by atoms with van der Waals surface area (Å²) in [6.45, 7) is 7.36. The number of fused-ring (bicyclic) bond motifs is 2. The molecule has 2 saturated carbocycles. The van der Waals surface area contributed by atoms with Crippen LogP contribution in [0.3, 0.4) is 0 Å². The van der Waals surface area contributed by atoms with E-state index < -0.39 is 0 Å². The van der Waals surface area contributed by atoms with Crippen molar-refractivity contribution in [2.24, 2.45) is 23.7 Å². The second kappa shape index (κ2) is 5.51. The average molecular weight is 268 g/mol. The Morgan fingerprint density at radius 1 is 0.842 bits per heavy atom. The molecule has 0 aliphatic heterocycles. The number of ether oxygens (including phenoxy) is 2. The van der Waals surface area contributed by atoms with Gasteiger partial charge in [0, 0.05) is 0 Å². The lowest BCUT2D eigenvalue weighted by molar-refractivity contribution is -0.167. The minimum atomic E-state index is -0.285. The predicted molar refractivity (Wildman–Crippen MR) is 70.3 cm³/mol. The molecule has 0 heterocycles. The summed E-state index contributed by atoms with van der Waals surface area (Å²) in [5.74, 6) is -0.387. The first-order valence-corrected chi connectivity index (χ1v) is 7.31. The molecule has 19 heavy (non-hydrogen) atoms. The van der Waals surface area contributed by atoms with E-state index >= 15 is 0 Å². The number of carbonyl (C=O) groups is 2. The van der Waals surface area contributed by atoms with E-state index in [-0.39, 0.29) is 36.0 Å². The zero-order chi connectivity index (χ0) is 14.2. The van der Waals surface area contributed by atoms with Crippen molar-refractivity contribution in [2.45, 2.75) is 59.2 Å². The minimum Gasteiger partial charge on any atom is -0.463 e. The maximum absolute atomic E-state index is 12.2. The van der Waals surface area contributed by atoms with Gasteiger partial charge in [-0.05, 0) is 58.8 Å². The number of hydrogen-bond acceptors (Lipinski definition) is 4. The van der Waals surface area contributed by atoms with Crippen LogP contribution in [0.15, 0.2) is 0 Å². The number of esters is 2. The van der Waals surface area contributed by atoms with Crippen LogP contribution < -0.4 is 0 Å². The highest BCUT2D eigenvalue weighted by Gasteiger charge is 2.55. The fourth-order valence-corrected chi connectivity index (χ4v) is 3.59. The molecule has 0 radical (unpaired) electrons. The van der Waals surface area contributed by atoms with Crippen molar-refractivity contribution in [3.05, 3.63) is 0 Å². The molecule has 4 atom stereocenters. The Bertz CT molecular complexity index is 327. The van der Waals surface area contributed by atoms with Gasteiger partial charge in [0.25, 0.3) is 0 Å². The van der Waals surface area contributed by atoms with Gasteiger partial charge in [0.1, 0.15) is 0 Å². The molecule has 0 aromatic carbocycles. The molecule has 0 aromatic rings. The summed E-state index contributed by atoms with van der Waals surface area (Å²) < 4.78 is 10.7. The zero-order valence-electron chi connectivity index (χ0n) is 12.2. The summed E-state index contributed by atoms with van der Waals surface area (Å²) >= 11 is 0. The van der Waals surface area contributed by atoms with Crippen LogP contribution in [-0.2, 0) is 19.1 Å². The van der Waals surface area contributed by atoms with Crippen molar-refractivity contribution in [2.75, 3.05) is 0 Å². The summed E-state index contributed by atoms with van der Waals surface area (Å²) in [4.78, 5) is 24.4. The van der Waals surface area contributed by atoms with E-state index in [9.17, 15) is 9.59 Å². The van der Waals surface area contributed by atoms with Gasteiger partial charge in [-0.15, -0.1) is 0 Å². The van der Waals surface area contributed by atoms with Crippen LogP contribution in [0.5, 0.6) is 0 Å². The average Bonchev–Trinajstić information content (AvgIpc) is 2.85. The summed E-state index contributed by atoms with van der Waals surface area (Å²) in [7, 11) is 0. The normalized spacial score (nSPS) is 32.9. The first-order valence-electron chi connectivity index (χ1n) is 7.31. The summed E-state index contributed by atoms with van der Waals surface area (Å²) in [5, 5.41) is 0. The van der Waals surface area contributed by atoms with Gasteiger partial charge in [-0.1, -0.05) is 0 Å². The van der Waals surface area contributed by atoms with Crippen LogP contribution in [0, 0.1) is 23.7 Å². The number of hydrogen-bond donors (Lipinski definition) is 0. The highest BCUT2D eigenvalue weighted by Crippen LogP contribution is 2.53. The zero-order valence-corrected chi connectivity index (χ0v) is 12.2. The smallest absolute Gasteiger partial charge is 0.310 e. The van der Waals surface area contributed by atoms with Crippen LogP contribution in [0.25, 0.3) is 0 Å². The lowest BCUT2D eigenvalue weighted by Crippen LogP contribution is -2.38. The van der Waals surface area contributed by atoms with Crippen LogP contribution in [0.2, 0.25) is 0 Å². The summed E-state index contributed by atoms with van der Waals surface area (Å²) in [6, 6.07) is 0. The molecule has 2 bridgehead atoms. The van der Waals surface area contributed by atoms with Gasteiger partial charge in [-0.3, -0.25) is 9.59 Å². The number of rotatable bonds is 4. The Morgan fingerprint density at radius 2 is 1.21 bits per heavy atom. The molecular formula is C15H24O4. The van der Waals surface area contributed by atoms with Gasteiger partial charge in [0.05, 0.1) is 24.0 Å². The first-order chi connectivity index (χ1) is 8.90. The molecule has 0 N–H and O–H groups in total. The van der Waals surface area contributed by atoms with E-state index in [2.05, 4.69) is 0 Å². The van der Waals surface area contributed by atoms with Crippen molar-refractivity contribution in [1.29, 1.82) is 0 Å². The molecular weight excluding hydrogens is 244 g/mol. The quantitative estimate of drug-likeness (QED) is 0.735. The van der Waals surface area contributed by atoms with E-state index in [1.807, 2.05) is 27.7 Å². The van der Waals surface area contributed by atoms with Gasteiger partial charge in [0.15, 0.2) is 0 Å². The molecule has 0 saturated heterocycles. The van der Waals surface area contributed by atoms with Crippen LogP contribution in [0.1, 0.15) is 47.0 Å². The van der Waals surface area contributed by atoms with Gasteiger partial charge < -0.3 is 9.47 Å².